The third-order valence-corrected chi connectivity index (χ3v) is 3.62. The minimum Gasteiger partial charge on any atom is -0.370 e. The van der Waals surface area contributed by atoms with Crippen LogP contribution in [0.2, 0.25) is 5.02 Å². The number of nitrogens with one attached hydrogen (secondary N) is 1. The molecule has 6 heteroatoms. The predicted molar refractivity (Wildman–Crippen MR) is 70.7 cm³/mol. The number of halogens is 4. The molecular weight excluding hydrogens is 277 g/mol. The minimum atomic E-state index is -4.36. The summed E-state index contributed by atoms with van der Waals surface area (Å²) < 4.78 is 38.3. The highest BCUT2D eigenvalue weighted by atomic mass is 35.5. The molecule has 1 aromatic carbocycles. The fraction of sp³-hybridized carbons (Fsp3) is 0.538. The maximum Gasteiger partial charge on any atom is 0.416 e. The van der Waals surface area contributed by atoms with Crippen molar-refractivity contribution in [2.45, 2.75) is 25.1 Å². The van der Waals surface area contributed by atoms with Gasteiger partial charge >= 0.3 is 6.18 Å². The van der Waals surface area contributed by atoms with E-state index in [0.29, 0.717) is 18.3 Å². The van der Waals surface area contributed by atoms with Crippen LogP contribution < -0.4 is 10.2 Å². The Morgan fingerprint density at radius 1 is 1.32 bits per heavy atom. The zero-order valence-electron chi connectivity index (χ0n) is 10.6. The molecule has 0 saturated carbocycles. The molecule has 0 amide bonds. The summed E-state index contributed by atoms with van der Waals surface area (Å²) in [4.78, 5) is 1.95. The maximum absolute atomic E-state index is 12.8. The van der Waals surface area contributed by atoms with Crippen LogP contribution in [0.1, 0.15) is 18.4 Å². The first-order chi connectivity index (χ1) is 8.90. The Hall–Kier alpha value is -0.940. The number of piperidine rings is 1. The summed E-state index contributed by atoms with van der Waals surface area (Å²) in [5, 5.41) is 3.29. The van der Waals surface area contributed by atoms with Gasteiger partial charge in [0.2, 0.25) is 0 Å². The van der Waals surface area contributed by atoms with Crippen LogP contribution >= 0.6 is 11.6 Å². The van der Waals surface area contributed by atoms with Gasteiger partial charge in [-0.1, -0.05) is 11.6 Å². The van der Waals surface area contributed by atoms with Crippen molar-refractivity contribution < 1.29 is 13.2 Å². The lowest BCUT2D eigenvalue weighted by Crippen LogP contribution is -2.44. The van der Waals surface area contributed by atoms with Gasteiger partial charge in [-0.3, -0.25) is 0 Å². The summed E-state index contributed by atoms with van der Waals surface area (Å²) in [6, 6.07) is 4.03. The number of hydrogen-bond donors (Lipinski definition) is 1. The monoisotopic (exact) mass is 292 g/mol. The van der Waals surface area contributed by atoms with Crippen molar-refractivity contribution in [3.8, 4) is 0 Å². The molecule has 1 N–H and O–H groups in total. The number of nitrogens with zero attached hydrogens (tertiary/aromatic N) is 1. The van der Waals surface area contributed by atoms with Crippen LogP contribution in [0, 0.1) is 0 Å². The number of hydrogen-bond acceptors (Lipinski definition) is 2. The molecule has 2 nitrogen and oxygen atoms in total. The highest BCUT2D eigenvalue weighted by Crippen LogP contribution is 2.34. The van der Waals surface area contributed by atoms with Crippen LogP contribution in [0.3, 0.4) is 0 Å². The third kappa shape index (κ3) is 3.54. The Bertz CT molecular complexity index is 448. The van der Waals surface area contributed by atoms with Gasteiger partial charge in [-0.05, 0) is 38.1 Å². The van der Waals surface area contributed by atoms with Gasteiger partial charge in [0.15, 0.2) is 0 Å². The van der Waals surface area contributed by atoms with Crippen LogP contribution in [-0.2, 0) is 6.18 Å². The summed E-state index contributed by atoms with van der Waals surface area (Å²) >= 11 is 5.80. The molecule has 0 spiro atoms. The number of anilines is 1. The molecule has 0 aromatic heterocycles. The van der Waals surface area contributed by atoms with Crippen LogP contribution in [0.4, 0.5) is 18.9 Å². The Morgan fingerprint density at radius 2 is 2.05 bits per heavy atom. The van der Waals surface area contributed by atoms with E-state index >= 15 is 0 Å². The second-order valence-electron chi connectivity index (χ2n) is 4.77. The Kier molecular flexibility index (Phi) is 4.26. The van der Waals surface area contributed by atoms with Gasteiger partial charge in [-0.25, -0.2) is 0 Å². The first-order valence-corrected chi connectivity index (χ1v) is 6.58. The van der Waals surface area contributed by atoms with Crippen molar-refractivity contribution in [1.29, 1.82) is 0 Å². The molecule has 1 unspecified atom stereocenters. The smallest absolute Gasteiger partial charge is 0.370 e. The van der Waals surface area contributed by atoms with Crippen molar-refractivity contribution in [2.24, 2.45) is 0 Å². The summed E-state index contributed by atoms with van der Waals surface area (Å²) in [5.41, 5.74) is -0.152. The van der Waals surface area contributed by atoms with Gasteiger partial charge in [0.25, 0.3) is 0 Å². The van der Waals surface area contributed by atoms with Crippen molar-refractivity contribution in [3.05, 3.63) is 28.8 Å². The Labute approximate surface area is 115 Å². The van der Waals surface area contributed by atoms with E-state index < -0.39 is 11.7 Å². The molecule has 1 fully saturated rings. The van der Waals surface area contributed by atoms with Crippen molar-refractivity contribution in [3.63, 3.8) is 0 Å². The Morgan fingerprint density at radius 3 is 2.68 bits per heavy atom. The van der Waals surface area contributed by atoms with Crippen LogP contribution in [-0.4, -0.2) is 26.2 Å². The minimum absolute atomic E-state index is 0.122. The van der Waals surface area contributed by atoms with Crippen LogP contribution in [0.5, 0.6) is 0 Å². The highest BCUT2D eigenvalue weighted by molar-refractivity contribution is 6.30. The number of likely N-dealkylation sites (N-methyl/N-ethyl adjacent to an activating group) is 1. The zero-order valence-corrected chi connectivity index (χ0v) is 11.4. The molecule has 19 heavy (non-hydrogen) atoms. The lowest BCUT2D eigenvalue weighted by molar-refractivity contribution is -0.137. The molecule has 0 radical (unpaired) electrons. The highest BCUT2D eigenvalue weighted by Gasteiger charge is 2.32. The fourth-order valence-corrected chi connectivity index (χ4v) is 2.60. The molecule has 0 aliphatic carbocycles. The van der Waals surface area contributed by atoms with Gasteiger partial charge in [0.1, 0.15) is 0 Å². The van der Waals surface area contributed by atoms with E-state index in [-0.39, 0.29) is 5.02 Å². The quantitative estimate of drug-likeness (QED) is 0.897. The average molecular weight is 293 g/mol. The largest absolute Gasteiger partial charge is 0.416 e. The predicted octanol–water partition coefficient (Wildman–Crippen LogP) is 3.55. The number of rotatable bonds is 2. The van der Waals surface area contributed by atoms with E-state index in [1.165, 1.54) is 6.07 Å². The summed E-state index contributed by atoms with van der Waals surface area (Å²) in [6.45, 7) is 1.46. The van der Waals surface area contributed by atoms with Gasteiger partial charge < -0.3 is 10.2 Å². The third-order valence-electron chi connectivity index (χ3n) is 3.40. The summed E-state index contributed by atoms with van der Waals surface area (Å²) in [7, 11) is 1.87. The van der Waals surface area contributed by atoms with E-state index in [1.807, 2.05) is 11.9 Å². The van der Waals surface area contributed by atoms with Crippen molar-refractivity contribution in [2.75, 3.05) is 25.0 Å². The molecular formula is C13H16ClF3N2. The molecule has 1 heterocycles. The molecule has 0 bridgehead atoms. The molecule has 1 saturated heterocycles. The fourth-order valence-electron chi connectivity index (χ4n) is 2.37. The van der Waals surface area contributed by atoms with E-state index in [4.69, 9.17) is 11.6 Å². The zero-order chi connectivity index (χ0) is 14.0. The summed E-state index contributed by atoms with van der Waals surface area (Å²) in [5.74, 6) is 0. The first-order valence-electron chi connectivity index (χ1n) is 6.20. The SMILES string of the molecule is CNC1CCCN(c2cc(Cl)cc(C(F)(F)F)c2)C1. The second kappa shape index (κ2) is 5.59. The van der Waals surface area contributed by atoms with Gasteiger partial charge in [-0.2, -0.15) is 13.2 Å². The average Bonchev–Trinajstić information content (AvgIpc) is 2.37. The normalized spacial score (nSPS) is 20.7. The Balaban J connectivity index is 2.26. The van der Waals surface area contributed by atoms with E-state index in [2.05, 4.69) is 5.32 Å². The van der Waals surface area contributed by atoms with E-state index in [9.17, 15) is 13.2 Å². The number of alkyl halides is 3. The van der Waals surface area contributed by atoms with Crippen molar-refractivity contribution in [1.82, 2.24) is 5.32 Å². The van der Waals surface area contributed by atoms with Gasteiger partial charge in [0.05, 0.1) is 5.56 Å². The van der Waals surface area contributed by atoms with E-state index in [0.717, 1.165) is 25.5 Å². The van der Waals surface area contributed by atoms with E-state index in [1.54, 1.807) is 6.07 Å². The second-order valence-corrected chi connectivity index (χ2v) is 5.21. The van der Waals surface area contributed by atoms with Crippen LogP contribution in [0.25, 0.3) is 0 Å². The molecule has 1 aromatic rings. The standard InChI is InChI=1S/C13H16ClF3N2/c1-18-11-3-2-4-19(8-11)12-6-9(13(15,16)17)5-10(14)7-12/h5-7,11,18H,2-4,8H2,1H3. The number of benzene rings is 1. The molecule has 1 aliphatic rings. The topological polar surface area (TPSA) is 15.3 Å². The van der Waals surface area contributed by atoms with Crippen molar-refractivity contribution >= 4 is 17.3 Å². The molecule has 1 atom stereocenters. The first kappa shape index (κ1) is 14.5. The lowest BCUT2D eigenvalue weighted by atomic mass is 10.0. The van der Waals surface area contributed by atoms with Crippen LogP contribution in [0.15, 0.2) is 18.2 Å². The molecule has 1 aliphatic heterocycles. The van der Waals surface area contributed by atoms with Gasteiger partial charge in [-0.15, -0.1) is 0 Å². The molecule has 106 valence electrons. The molecule has 2 rings (SSSR count). The van der Waals surface area contributed by atoms with Gasteiger partial charge in [0, 0.05) is 29.8 Å². The summed E-state index contributed by atoms with van der Waals surface area (Å²) in [6.07, 6.45) is -2.36. The maximum atomic E-state index is 12.8. The lowest BCUT2D eigenvalue weighted by Gasteiger charge is -2.34.